The van der Waals surface area contributed by atoms with E-state index in [-0.39, 0.29) is 0 Å². The van der Waals surface area contributed by atoms with Crippen LogP contribution in [0.25, 0.3) is 0 Å². The Morgan fingerprint density at radius 2 is 2.04 bits per heavy atom. The molecule has 26 heavy (non-hydrogen) atoms. The average molecular weight is 351 g/mol. The SMILES string of the molecule is CC1=N[C@]2(CC[C@H]3CN(Cc4cccc(C)c4)C[C@H]32)C(=O)N1CC1CC1. The summed E-state index contributed by atoms with van der Waals surface area (Å²) in [6.07, 6.45) is 4.66. The van der Waals surface area contributed by atoms with Gasteiger partial charge in [0.05, 0.1) is 0 Å². The summed E-state index contributed by atoms with van der Waals surface area (Å²) in [4.78, 5) is 22.9. The molecular weight excluding hydrogens is 322 g/mol. The fraction of sp³-hybridized carbons (Fsp3) is 0.636. The van der Waals surface area contributed by atoms with Crippen molar-refractivity contribution in [3.05, 3.63) is 35.4 Å². The molecule has 1 aromatic carbocycles. The Morgan fingerprint density at radius 3 is 2.81 bits per heavy atom. The van der Waals surface area contributed by atoms with Gasteiger partial charge in [0.2, 0.25) is 0 Å². The fourth-order valence-electron chi connectivity index (χ4n) is 5.54. The summed E-state index contributed by atoms with van der Waals surface area (Å²) in [5.74, 6) is 3.03. The van der Waals surface area contributed by atoms with Crippen molar-refractivity contribution in [2.75, 3.05) is 19.6 Å². The number of likely N-dealkylation sites (tertiary alicyclic amines) is 1. The normalized spacial score (nSPS) is 34.0. The van der Waals surface area contributed by atoms with Crippen LogP contribution in [-0.4, -0.2) is 46.7 Å². The Kier molecular flexibility index (Phi) is 3.75. The van der Waals surface area contributed by atoms with Gasteiger partial charge in [0.15, 0.2) is 0 Å². The van der Waals surface area contributed by atoms with Gasteiger partial charge in [0.25, 0.3) is 5.91 Å². The first kappa shape index (κ1) is 16.5. The largest absolute Gasteiger partial charge is 0.298 e. The van der Waals surface area contributed by atoms with E-state index >= 15 is 0 Å². The molecular formula is C22H29N3O. The van der Waals surface area contributed by atoms with Crippen LogP contribution in [0.15, 0.2) is 29.3 Å². The number of nitrogens with zero attached hydrogens (tertiary/aromatic N) is 3. The predicted molar refractivity (Wildman–Crippen MR) is 103 cm³/mol. The van der Waals surface area contributed by atoms with E-state index in [0.717, 1.165) is 50.8 Å². The highest BCUT2D eigenvalue weighted by atomic mass is 16.2. The third-order valence-electron chi connectivity index (χ3n) is 7.02. The van der Waals surface area contributed by atoms with Crippen LogP contribution in [0.5, 0.6) is 0 Å². The van der Waals surface area contributed by atoms with Gasteiger partial charge >= 0.3 is 0 Å². The first-order valence-corrected chi connectivity index (χ1v) is 10.2. The van der Waals surface area contributed by atoms with Crippen LogP contribution < -0.4 is 0 Å². The molecule has 138 valence electrons. The zero-order valence-corrected chi connectivity index (χ0v) is 15.9. The molecule has 1 saturated heterocycles. The highest BCUT2D eigenvalue weighted by Gasteiger charge is 2.60. The van der Waals surface area contributed by atoms with Crippen molar-refractivity contribution in [2.24, 2.45) is 22.7 Å². The number of hydrogen-bond donors (Lipinski definition) is 0. The second-order valence-corrected chi connectivity index (χ2v) is 9.03. The van der Waals surface area contributed by atoms with Gasteiger partial charge in [-0.1, -0.05) is 29.8 Å². The van der Waals surface area contributed by atoms with Crippen LogP contribution in [0.3, 0.4) is 0 Å². The summed E-state index contributed by atoms with van der Waals surface area (Å²) in [6, 6.07) is 8.80. The minimum Gasteiger partial charge on any atom is -0.298 e. The van der Waals surface area contributed by atoms with E-state index in [1.165, 1.54) is 24.0 Å². The van der Waals surface area contributed by atoms with Gasteiger partial charge in [-0.3, -0.25) is 19.6 Å². The maximum Gasteiger partial charge on any atom is 0.256 e. The molecule has 1 amide bonds. The molecule has 1 spiro atoms. The van der Waals surface area contributed by atoms with Crippen molar-refractivity contribution < 1.29 is 4.79 Å². The summed E-state index contributed by atoms with van der Waals surface area (Å²) in [5.41, 5.74) is 2.26. The molecule has 0 unspecified atom stereocenters. The maximum atomic E-state index is 13.3. The van der Waals surface area contributed by atoms with Crippen LogP contribution in [0.1, 0.15) is 43.7 Å². The Morgan fingerprint density at radius 1 is 1.19 bits per heavy atom. The van der Waals surface area contributed by atoms with Crippen molar-refractivity contribution >= 4 is 11.7 Å². The smallest absolute Gasteiger partial charge is 0.256 e. The molecule has 0 aromatic heterocycles. The summed E-state index contributed by atoms with van der Waals surface area (Å²) in [5, 5.41) is 0. The van der Waals surface area contributed by atoms with E-state index in [1.807, 2.05) is 11.8 Å². The third-order valence-corrected chi connectivity index (χ3v) is 7.02. The number of carbonyl (C=O) groups is 1. The van der Waals surface area contributed by atoms with Gasteiger partial charge in [-0.2, -0.15) is 0 Å². The molecule has 3 atom stereocenters. The first-order chi connectivity index (χ1) is 12.5. The highest BCUT2D eigenvalue weighted by Crippen LogP contribution is 2.50. The Bertz CT molecular complexity index is 768. The minimum atomic E-state index is -0.439. The first-order valence-electron chi connectivity index (χ1n) is 10.2. The second kappa shape index (κ2) is 5.91. The number of benzene rings is 1. The lowest BCUT2D eigenvalue weighted by Crippen LogP contribution is -2.47. The van der Waals surface area contributed by atoms with Crippen LogP contribution in [0, 0.1) is 24.7 Å². The monoisotopic (exact) mass is 351 g/mol. The number of fused-ring (bicyclic) bond motifs is 2. The molecule has 2 aliphatic carbocycles. The molecule has 2 aliphatic heterocycles. The topological polar surface area (TPSA) is 35.9 Å². The number of rotatable bonds is 4. The molecule has 5 rings (SSSR count). The van der Waals surface area contributed by atoms with Crippen LogP contribution >= 0.6 is 0 Å². The third kappa shape index (κ3) is 2.61. The number of carbonyl (C=O) groups excluding carboxylic acids is 1. The highest BCUT2D eigenvalue weighted by molar-refractivity contribution is 6.07. The number of hydrogen-bond acceptors (Lipinski definition) is 3. The Hall–Kier alpha value is -1.68. The van der Waals surface area contributed by atoms with Gasteiger partial charge in [0.1, 0.15) is 11.4 Å². The maximum absolute atomic E-state index is 13.3. The zero-order valence-electron chi connectivity index (χ0n) is 15.9. The number of aryl methyl sites for hydroxylation is 1. The lowest BCUT2D eigenvalue weighted by Gasteiger charge is -2.28. The molecule has 0 bridgehead atoms. The molecule has 4 heteroatoms. The molecule has 0 N–H and O–H groups in total. The van der Waals surface area contributed by atoms with E-state index in [2.05, 4.69) is 36.1 Å². The van der Waals surface area contributed by atoms with Crippen molar-refractivity contribution in [3.8, 4) is 0 Å². The van der Waals surface area contributed by atoms with Crippen molar-refractivity contribution in [1.29, 1.82) is 0 Å². The van der Waals surface area contributed by atoms with Crippen molar-refractivity contribution in [1.82, 2.24) is 9.80 Å². The van der Waals surface area contributed by atoms with Crippen LogP contribution in [-0.2, 0) is 11.3 Å². The molecule has 3 fully saturated rings. The van der Waals surface area contributed by atoms with E-state index in [0.29, 0.717) is 17.7 Å². The molecule has 1 aromatic rings. The van der Waals surface area contributed by atoms with Crippen molar-refractivity contribution in [3.63, 3.8) is 0 Å². The molecule has 4 aliphatic rings. The lowest BCUT2D eigenvalue weighted by atomic mass is 9.85. The van der Waals surface area contributed by atoms with Gasteiger partial charge < -0.3 is 0 Å². The zero-order chi connectivity index (χ0) is 17.9. The van der Waals surface area contributed by atoms with E-state index in [9.17, 15) is 4.79 Å². The van der Waals surface area contributed by atoms with Crippen LogP contribution in [0.4, 0.5) is 0 Å². The Balaban J connectivity index is 1.33. The van der Waals surface area contributed by atoms with E-state index in [1.54, 1.807) is 0 Å². The lowest BCUT2D eigenvalue weighted by molar-refractivity contribution is -0.132. The summed E-state index contributed by atoms with van der Waals surface area (Å²) in [7, 11) is 0. The molecule has 0 radical (unpaired) electrons. The summed E-state index contributed by atoms with van der Waals surface area (Å²) in [6.45, 7) is 8.22. The fourth-order valence-corrected chi connectivity index (χ4v) is 5.54. The van der Waals surface area contributed by atoms with Gasteiger partial charge in [-0.05, 0) is 56.9 Å². The Labute approximate surface area is 156 Å². The molecule has 2 heterocycles. The molecule has 2 saturated carbocycles. The molecule has 4 nitrogen and oxygen atoms in total. The van der Waals surface area contributed by atoms with Gasteiger partial charge in [-0.25, -0.2) is 0 Å². The average Bonchev–Trinajstić information content (AvgIpc) is 3.17. The number of aliphatic imine (C=N–C) groups is 1. The van der Waals surface area contributed by atoms with Crippen molar-refractivity contribution in [2.45, 2.75) is 51.6 Å². The summed E-state index contributed by atoms with van der Waals surface area (Å²) >= 11 is 0. The minimum absolute atomic E-state index is 0.312. The standard InChI is InChI=1S/C22H29N3O/c1-15-4-3-5-18(10-15)11-24-13-19-8-9-22(20(19)14-24)21(26)25(16(2)23-22)12-17-6-7-17/h3-5,10,17,19-20H,6-9,11-14H2,1-2H3/t19-,20+,22-/m0/s1. The second-order valence-electron chi connectivity index (χ2n) is 9.03. The quantitative estimate of drug-likeness (QED) is 0.835. The van der Waals surface area contributed by atoms with E-state index in [4.69, 9.17) is 4.99 Å². The van der Waals surface area contributed by atoms with Gasteiger partial charge in [0, 0.05) is 32.1 Å². The van der Waals surface area contributed by atoms with E-state index < -0.39 is 5.54 Å². The summed E-state index contributed by atoms with van der Waals surface area (Å²) < 4.78 is 0. The number of amidine groups is 1. The number of amides is 1. The van der Waals surface area contributed by atoms with Gasteiger partial charge in [-0.15, -0.1) is 0 Å². The predicted octanol–water partition coefficient (Wildman–Crippen LogP) is 3.25. The van der Waals surface area contributed by atoms with Crippen LogP contribution in [0.2, 0.25) is 0 Å².